The summed E-state index contributed by atoms with van der Waals surface area (Å²) in [6.45, 7) is 0. The zero-order valence-corrected chi connectivity index (χ0v) is 74.6. The van der Waals surface area contributed by atoms with E-state index in [2.05, 4.69) is 380 Å². The van der Waals surface area contributed by atoms with Gasteiger partial charge in [0.15, 0.2) is 29.1 Å². The molecule has 10 aromatic heterocycles. The van der Waals surface area contributed by atoms with Gasteiger partial charge < -0.3 is 13.4 Å². The molecule has 0 fully saturated rings. The summed E-state index contributed by atoms with van der Waals surface area (Å²) in [4.78, 5) is 36.8. The lowest BCUT2D eigenvalue weighted by molar-refractivity contribution is 1.06. The van der Waals surface area contributed by atoms with Gasteiger partial charge in [0, 0.05) is 97.8 Å². The third kappa shape index (κ3) is 11.2. The summed E-state index contributed by atoms with van der Waals surface area (Å²) in [5.74, 6) is 3.60. The van der Waals surface area contributed by atoms with Crippen molar-refractivity contribution < 1.29 is 0 Å². The van der Waals surface area contributed by atoms with Crippen molar-refractivity contribution in [3.05, 3.63) is 449 Å². The van der Waals surface area contributed by atoms with Crippen LogP contribution >= 0.6 is 0 Å². The number of hydrogen-bond donors (Lipinski definition) is 0. The SMILES string of the molecule is c1ccc(-c2nc(-c3ccccc3)nc(-c3ccccc3-n3c4cccc5c6cccc7c8ccccc8n(c8cccc3c8c54)c67)n2)cc1.c1ccc(-c2nc3ccccc3nc2-n2c3cccc4c3c3c5c(cccc5ccc32)-c2ccccc2-4)cc1.c1ccc2cc(-c3nc4ccc5ccccc5c4nc3-n3c4cccc5c6cccc7c8ccccc8n(c8cccc3c8c54)c67)ccc2c1. The molecule has 0 bridgehead atoms. The van der Waals surface area contributed by atoms with Gasteiger partial charge in [0.1, 0.15) is 11.4 Å². The fraction of sp³-hybridized carbons (Fsp3) is 0. The van der Waals surface area contributed by atoms with Crippen LogP contribution in [0.3, 0.4) is 0 Å². The third-order valence-corrected chi connectivity index (χ3v) is 29.0. The molecule has 0 saturated heterocycles. The van der Waals surface area contributed by atoms with Crippen LogP contribution in [0.2, 0.25) is 0 Å². The van der Waals surface area contributed by atoms with Crippen molar-refractivity contribution in [2.75, 3.05) is 0 Å². The molecule has 0 atom stereocenters. The lowest BCUT2D eigenvalue weighted by Crippen LogP contribution is -2.04. The third-order valence-electron chi connectivity index (χ3n) is 29.0. The van der Waals surface area contributed by atoms with E-state index >= 15 is 0 Å². The molecule has 0 N–H and O–H groups in total. The summed E-state index contributed by atoms with van der Waals surface area (Å²) in [5, 5.41) is 24.7. The van der Waals surface area contributed by atoms with E-state index in [1.54, 1.807) is 0 Å². The second-order valence-corrected chi connectivity index (χ2v) is 36.4. The van der Waals surface area contributed by atoms with Crippen molar-refractivity contribution in [2.45, 2.75) is 0 Å². The van der Waals surface area contributed by atoms with E-state index in [0.717, 1.165) is 122 Å². The van der Waals surface area contributed by atoms with Gasteiger partial charge in [0.05, 0.1) is 94.0 Å². The van der Waals surface area contributed by atoms with Crippen LogP contribution in [0.15, 0.2) is 449 Å². The molecule has 12 heteroatoms. The summed E-state index contributed by atoms with van der Waals surface area (Å²) in [5.41, 5.74) is 30.4. The molecule has 642 valence electrons. The number of fused-ring (bicyclic) bond motifs is 18. The summed E-state index contributed by atoms with van der Waals surface area (Å²) in [7, 11) is 0. The van der Waals surface area contributed by atoms with E-state index in [0.29, 0.717) is 17.5 Å². The first-order chi connectivity index (χ1) is 69.0. The minimum atomic E-state index is 0.631. The fourth-order valence-corrected chi connectivity index (χ4v) is 23.2. The Kier molecular flexibility index (Phi) is 16.4. The van der Waals surface area contributed by atoms with Gasteiger partial charge in [-0.25, -0.2) is 34.9 Å². The van der Waals surface area contributed by atoms with Gasteiger partial charge in [-0.15, -0.1) is 0 Å². The molecular weight excluding hydrogens is 1690 g/mol. The molecule has 0 aliphatic heterocycles. The molecule has 32 rings (SSSR count). The Balaban J connectivity index is 0.0000000991. The van der Waals surface area contributed by atoms with Crippen molar-refractivity contribution in [2.24, 2.45) is 0 Å². The maximum absolute atomic E-state index is 5.62. The monoisotopic (exact) mass is 1770 g/mol. The summed E-state index contributed by atoms with van der Waals surface area (Å²) < 4.78 is 12.1. The van der Waals surface area contributed by atoms with Crippen LogP contribution in [0.5, 0.6) is 0 Å². The van der Waals surface area contributed by atoms with Gasteiger partial charge in [0.25, 0.3) is 0 Å². The molecule has 21 aromatic carbocycles. The van der Waals surface area contributed by atoms with Gasteiger partial charge >= 0.3 is 0 Å². The van der Waals surface area contributed by atoms with Crippen LogP contribution in [0.1, 0.15) is 0 Å². The van der Waals surface area contributed by atoms with E-state index in [1.807, 2.05) is 91.0 Å². The first-order valence-corrected chi connectivity index (χ1v) is 47.3. The van der Waals surface area contributed by atoms with Crippen molar-refractivity contribution in [3.63, 3.8) is 0 Å². The number of hydrogen-bond acceptors (Lipinski definition) is 7. The predicted octanol–water partition coefficient (Wildman–Crippen LogP) is 32.2. The van der Waals surface area contributed by atoms with Crippen LogP contribution in [0.25, 0.3) is 292 Å². The molecule has 0 saturated carbocycles. The molecule has 0 unspecified atom stereocenters. The van der Waals surface area contributed by atoms with Crippen LogP contribution < -0.4 is 0 Å². The van der Waals surface area contributed by atoms with E-state index in [1.165, 1.54) is 152 Å². The highest BCUT2D eigenvalue weighted by atomic mass is 15.1. The highest BCUT2D eigenvalue weighted by Crippen LogP contribution is 2.53. The van der Waals surface area contributed by atoms with Gasteiger partial charge in [-0.05, 0) is 157 Å². The van der Waals surface area contributed by atoms with Crippen LogP contribution in [0, 0.1) is 0 Å². The fourth-order valence-electron chi connectivity index (χ4n) is 23.2. The van der Waals surface area contributed by atoms with Crippen molar-refractivity contribution in [1.29, 1.82) is 0 Å². The lowest BCUT2D eigenvalue weighted by atomic mass is 9.93. The highest BCUT2D eigenvalue weighted by Gasteiger charge is 2.31. The Morgan fingerprint density at radius 2 is 0.547 bits per heavy atom. The zero-order chi connectivity index (χ0) is 90.8. The Morgan fingerprint density at radius 1 is 0.165 bits per heavy atom. The summed E-state index contributed by atoms with van der Waals surface area (Å²) in [6.07, 6.45) is 0. The average Bonchev–Trinajstić information content (AvgIpc) is 1.53. The van der Waals surface area contributed by atoms with Gasteiger partial charge in [-0.3, -0.25) is 9.13 Å². The minimum absolute atomic E-state index is 0.631. The molecule has 10 heterocycles. The second-order valence-electron chi connectivity index (χ2n) is 36.4. The van der Waals surface area contributed by atoms with Crippen molar-refractivity contribution >= 4 is 196 Å². The Hall–Kier alpha value is -18.9. The lowest BCUT2D eigenvalue weighted by Gasteiger charge is -2.15. The largest absolute Gasteiger partial charge is 0.308 e. The predicted molar refractivity (Wildman–Crippen MR) is 575 cm³/mol. The number of aromatic nitrogens is 12. The maximum atomic E-state index is 5.62. The molecule has 0 radical (unpaired) electrons. The number of nitrogens with zero attached hydrogens (tertiary/aromatic N) is 12. The van der Waals surface area contributed by atoms with E-state index < -0.39 is 0 Å². The van der Waals surface area contributed by atoms with Crippen LogP contribution in [0.4, 0.5) is 0 Å². The number of benzene rings is 21. The Morgan fingerprint density at radius 3 is 1.18 bits per heavy atom. The second kappa shape index (κ2) is 29.8. The molecule has 0 spiro atoms. The molecule has 12 nitrogen and oxygen atoms in total. The van der Waals surface area contributed by atoms with Crippen molar-refractivity contribution in [3.8, 4) is 96.3 Å². The zero-order valence-electron chi connectivity index (χ0n) is 74.6. The Labute approximate surface area is 793 Å². The van der Waals surface area contributed by atoms with E-state index in [-0.39, 0.29) is 0 Å². The van der Waals surface area contributed by atoms with Gasteiger partial charge in [-0.2, -0.15) is 0 Å². The van der Waals surface area contributed by atoms with Crippen LogP contribution in [-0.2, 0) is 0 Å². The van der Waals surface area contributed by atoms with E-state index in [9.17, 15) is 0 Å². The van der Waals surface area contributed by atoms with Crippen LogP contribution in [-0.4, -0.2) is 57.4 Å². The topological polar surface area (TPSA) is 114 Å². The standard InChI is InChI=1S/C46H26N4.C45H27N5.C36H21N3/c1-2-12-29-26-30(23-22-27(29)10-1)43-46(48-44-31-13-4-3-11-28(31)24-25-36(44)47-43)50-38-19-8-15-33-35-17-7-16-34-32-14-5-6-18-37(32)49(45(34)35)39-20-9-21-40(50)42(39)41(33)38;1-3-14-28(15-4-1)43-46-44(29-16-5-2-6-17-29)48-45(47-43)34-19-8-10-24-36(34)49-37-25-12-20-31-33-22-11-21-32-30-18-7-9-23-35(30)50(42(32)33)39-27-13-26-38(49)41(39)40(31)37;1-2-10-23(11-3-1)35-36(38-29-18-7-6-17-28(29)37-35)39-30-19-9-16-27-25-14-5-4-13-24(25)26-15-8-12-22-20-21-31(39)34(32(22)26)33(27)30/h1-26H;1-27H;1-21H. The van der Waals surface area contributed by atoms with E-state index in [4.69, 9.17) is 34.9 Å². The number of rotatable bonds is 8. The highest BCUT2D eigenvalue weighted by molar-refractivity contribution is 6.35. The quantitative estimate of drug-likeness (QED) is 0.139. The molecule has 0 amide bonds. The molecular formula is C127H74N12. The maximum Gasteiger partial charge on any atom is 0.166 e. The van der Waals surface area contributed by atoms with Crippen molar-refractivity contribution in [1.82, 2.24) is 57.4 Å². The molecule has 139 heavy (non-hydrogen) atoms. The first kappa shape index (κ1) is 76.6. The molecule has 31 aromatic rings. The number of para-hydroxylation sites is 7. The normalized spacial score (nSPS) is 12.2. The minimum Gasteiger partial charge on any atom is -0.308 e. The first-order valence-electron chi connectivity index (χ1n) is 47.3. The molecule has 1 aliphatic carbocycles. The van der Waals surface area contributed by atoms with Gasteiger partial charge in [0.2, 0.25) is 0 Å². The Bertz CT molecular complexity index is 10600. The molecule has 1 aliphatic rings. The van der Waals surface area contributed by atoms with Gasteiger partial charge in [-0.1, -0.05) is 352 Å². The summed E-state index contributed by atoms with van der Waals surface area (Å²) >= 11 is 0. The smallest absolute Gasteiger partial charge is 0.166 e. The average molecular weight is 1770 g/mol. The summed E-state index contributed by atoms with van der Waals surface area (Å²) in [6, 6.07) is 160.